The SMILES string of the molecule is COc1ccc(CC(=O)NNC(=O)c2ccc(NS(=O)(=O)c3ccc(C)c([N+](=O)[O-])c3)cc2)cc1. The summed E-state index contributed by atoms with van der Waals surface area (Å²) >= 11 is 0. The van der Waals surface area contributed by atoms with Crippen molar-refractivity contribution in [2.24, 2.45) is 0 Å². The Kier molecular flexibility index (Phi) is 7.66. The van der Waals surface area contributed by atoms with E-state index in [2.05, 4.69) is 15.6 Å². The van der Waals surface area contributed by atoms with Gasteiger partial charge in [0.1, 0.15) is 5.75 Å². The molecule has 0 spiro atoms. The van der Waals surface area contributed by atoms with Gasteiger partial charge in [-0.05, 0) is 55.0 Å². The van der Waals surface area contributed by atoms with E-state index in [0.717, 1.165) is 11.6 Å². The van der Waals surface area contributed by atoms with Gasteiger partial charge in [0.15, 0.2) is 0 Å². The first kappa shape index (κ1) is 25.2. The number of hydrogen-bond donors (Lipinski definition) is 3. The lowest BCUT2D eigenvalue weighted by molar-refractivity contribution is -0.385. The highest BCUT2D eigenvalue weighted by molar-refractivity contribution is 7.92. The minimum absolute atomic E-state index is 0.0438. The van der Waals surface area contributed by atoms with Gasteiger partial charge in [-0.25, -0.2) is 8.42 Å². The maximum atomic E-state index is 12.6. The molecule has 3 aromatic rings. The summed E-state index contributed by atoms with van der Waals surface area (Å²) < 4.78 is 32.6. The van der Waals surface area contributed by atoms with Gasteiger partial charge >= 0.3 is 0 Å². The molecule has 3 N–H and O–H groups in total. The van der Waals surface area contributed by atoms with Crippen molar-refractivity contribution in [2.75, 3.05) is 11.8 Å². The van der Waals surface area contributed by atoms with E-state index in [1.807, 2.05) is 0 Å². The molecule has 0 unspecified atom stereocenters. The number of carbonyl (C=O) groups excluding carboxylic acids is 2. The Morgan fingerprint density at radius 2 is 1.63 bits per heavy atom. The molecule has 0 aromatic heterocycles. The lowest BCUT2D eigenvalue weighted by Crippen LogP contribution is -2.42. The van der Waals surface area contributed by atoms with E-state index in [1.165, 1.54) is 50.4 Å². The van der Waals surface area contributed by atoms with Gasteiger partial charge in [0.2, 0.25) is 5.91 Å². The number of aryl methyl sites for hydroxylation is 1. The van der Waals surface area contributed by atoms with Gasteiger partial charge in [-0.1, -0.05) is 18.2 Å². The summed E-state index contributed by atoms with van der Waals surface area (Å²) in [5.74, 6) is -0.370. The van der Waals surface area contributed by atoms with E-state index in [-0.39, 0.29) is 28.3 Å². The van der Waals surface area contributed by atoms with Gasteiger partial charge in [-0.3, -0.25) is 35.3 Å². The maximum absolute atomic E-state index is 12.6. The van der Waals surface area contributed by atoms with Crippen molar-refractivity contribution in [1.82, 2.24) is 10.9 Å². The van der Waals surface area contributed by atoms with Crippen LogP contribution in [0.3, 0.4) is 0 Å². The number of hydrazine groups is 1. The molecule has 0 aliphatic carbocycles. The zero-order chi connectivity index (χ0) is 25.6. The summed E-state index contributed by atoms with van der Waals surface area (Å²) in [4.78, 5) is 34.5. The Morgan fingerprint density at radius 3 is 2.23 bits per heavy atom. The number of rotatable bonds is 8. The van der Waals surface area contributed by atoms with Crippen LogP contribution in [-0.4, -0.2) is 32.3 Å². The van der Waals surface area contributed by atoms with E-state index in [0.29, 0.717) is 11.3 Å². The Labute approximate surface area is 201 Å². The summed E-state index contributed by atoms with van der Waals surface area (Å²) in [5, 5.41) is 11.1. The smallest absolute Gasteiger partial charge is 0.273 e. The first-order valence-electron chi connectivity index (χ1n) is 10.2. The molecule has 35 heavy (non-hydrogen) atoms. The summed E-state index contributed by atoms with van der Waals surface area (Å²) in [6.07, 6.45) is 0.0438. The fraction of sp³-hybridized carbons (Fsp3) is 0.130. The zero-order valence-corrected chi connectivity index (χ0v) is 19.6. The maximum Gasteiger partial charge on any atom is 0.273 e. The quantitative estimate of drug-likeness (QED) is 0.318. The van der Waals surface area contributed by atoms with Crippen LogP contribution in [-0.2, 0) is 21.2 Å². The van der Waals surface area contributed by atoms with Gasteiger partial charge in [0.05, 0.1) is 23.3 Å². The number of sulfonamides is 1. The molecular formula is C23H22N4O7S. The molecule has 0 aliphatic heterocycles. The predicted octanol–water partition coefficient (Wildman–Crippen LogP) is 2.72. The van der Waals surface area contributed by atoms with Crippen LogP contribution in [0, 0.1) is 17.0 Å². The minimum atomic E-state index is -4.09. The fourth-order valence-corrected chi connectivity index (χ4v) is 4.11. The number of nitro groups is 1. The number of nitro benzene ring substituents is 1. The monoisotopic (exact) mass is 498 g/mol. The minimum Gasteiger partial charge on any atom is -0.497 e. The lowest BCUT2D eigenvalue weighted by Gasteiger charge is -2.10. The summed E-state index contributed by atoms with van der Waals surface area (Å²) in [7, 11) is -2.56. The highest BCUT2D eigenvalue weighted by Crippen LogP contribution is 2.24. The van der Waals surface area contributed by atoms with Crippen LogP contribution in [0.5, 0.6) is 5.75 Å². The van der Waals surface area contributed by atoms with E-state index < -0.39 is 26.8 Å². The molecule has 0 fully saturated rings. The predicted molar refractivity (Wildman–Crippen MR) is 127 cm³/mol. The van der Waals surface area contributed by atoms with Crippen LogP contribution < -0.4 is 20.3 Å². The first-order valence-corrected chi connectivity index (χ1v) is 11.7. The number of nitrogens with one attached hydrogen (secondary N) is 3. The molecule has 0 atom stereocenters. The van der Waals surface area contributed by atoms with Crippen LogP contribution in [0.25, 0.3) is 0 Å². The normalized spacial score (nSPS) is 10.8. The standard InChI is InChI=1S/C23H22N4O7S/c1-15-3-12-20(14-21(15)27(30)31)35(32,33)26-18-8-6-17(7-9-18)23(29)25-24-22(28)13-16-4-10-19(34-2)11-5-16/h3-12,14,26H,13H2,1-2H3,(H,24,28)(H,25,29). The number of amides is 2. The number of methoxy groups -OCH3 is 1. The van der Waals surface area contributed by atoms with Crippen LogP contribution in [0.2, 0.25) is 0 Å². The number of anilines is 1. The molecule has 182 valence electrons. The number of carbonyl (C=O) groups is 2. The van der Waals surface area contributed by atoms with Crippen molar-refractivity contribution in [3.63, 3.8) is 0 Å². The third-order valence-electron chi connectivity index (χ3n) is 4.93. The van der Waals surface area contributed by atoms with E-state index in [9.17, 15) is 28.1 Å². The highest BCUT2D eigenvalue weighted by atomic mass is 32.2. The molecule has 11 nitrogen and oxygen atoms in total. The molecule has 2 amide bonds. The largest absolute Gasteiger partial charge is 0.497 e. The van der Waals surface area contributed by atoms with Crippen molar-refractivity contribution < 1.29 is 27.7 Å². The van der Waals surface area contributed by atoms with Crippen molar-refractivity contribution in [3.05, 3.63) is 93.5 Å². The molecule has 3 rings (SSSR count). The topological polar surface area (TPSA) is 157 Å². The molecule has 0 heterocycles. The molecule has 0 saturated heterocycles. The molecule has 3 aromatic carbocycles. The van der Waals surface area contributed by atoms with Crippen LogP contribution in [0.1, 0.15) is 21.5 Å². The zero-order valence-electron chi connectivity index (χ0n) is 18.8. The lowest BCUT2D eigenvalue weighted by atomic mass is 10.1. The third-order valence-corrected chi connectivity index (χ3v) is 6.31. The molecule has 0 bridgehead atoms. The van der Waals surface area contributed by atoms with Crippen LogP contribution in [0.4, 0.5) is 11.4 Å². The molecule has 0 radical (unpaired) electrons. The molecular weight excluding hydrogens is 476 g/mol. The van der Waals surface area contributed by atoms with Gasteiger partial charge < -0.3 is 4.74 Å². The molecule has 0 saturated carbocycles. The third kappa shape index (κ3) is 6.54. The molecule has 0 aliphatic rings. The van der Waals surface area contributed by atoms with Gasteiger partial charge in [0, 0.05) is 22.9 Å². The number of ether oxygens (including phenoxy) is 1. The second kappa shape index (κ2) is 10.7. The Bertz CT molecular complexity index is 1360. The Morgan fingerprint density at radius 1 is 0.971 bits per heavy atom. The summed E-state index contributed by atoms with van der Waals surface area (Å²) in [6, 6.07) is 15.9. The average molecular weight is 499 g/mol. The summed E-state index contributed by atoms with van der Waals surface area (Å²) in [6.45, 7) is 1.51. The van der Waals surface area contributed by atoms with Gasteiger partial charge in [-0.2, -0.15) is 0 Å². The average Bonchev–Trinajstić information content (AvgIpc) is 2.83. The number of benzene rings is 3. The summed E-state index contributed by atoms with van der Waals surface area (Å²) in [5.41, 5.74) is 5.68. The van der Waals surface area contributed by atoms with E-state index in [4.69, 9.17) is 4.74 Å². The highest BCUT2D eigenvalue weighted by Gasteiger charge is 2.20. The Balaban J connectivity index is 1.58. The second-order valence-electron chi connectivity index (χ2n) is 7.42. The van der Waals surface area contributed by atoms with Crippen molar-refractivity contribution >= 4 is 33.2 Å². The van der Waals surface area contributed by atoms with Crippen molar-refractivity contribution in [1.29, 1.82) is 0 Å². The van der Waals surface area contributed by atoms with E-state index in [1.54, 1.807) is 24.3 Å². The number of hydrogen-bond acceptors (Lipinski definition) is 7. The first-order chi connectivity index (χ1) is 16.6. The van der Waals surface area contributed by atoms with Crippen LogP contribution in [0.15, 0.2) is 71.6 Å². The van der Waals surface area contributed by atoms with E-state index >= 15 is 0 Å². The second-order valence-corrected chi connectivity index (χ2v) is 9.10. The molecule has 12 heteroatoms. The fourth-order valence-electron chi connectivity index (χ4n) is 3.03. The Hall–Kier alpha value is -4.45. The van der Waals surface area contributed by atoms with Gasteiger partial charge in [0.25, 0.3) is 21.6 Å². The van der Waals surface area contributed by atoms with Crippen molar-refractivity contribution in [3.8, 4) is 5.75 Å². The van der Waals surface area contributed by atoms with Crippen LogP contribution >= 0.6 is 0 Å². The van der Waals surface area contributed by atoms with Crippen molar-refractivity contribution in [2.45, 2.75) is 18.2 Å². The van der Waals surface area contributed by atoms with Gasteiger partial charge in [-0.15, -0.1) is 0 Å². The number of nitrogens with zero attached hydrogens (tertiary/aromatic N) is 1.